The van der Waals surface area contributed by atoms with E-state index in [1.165, 1.54) is 25.0 Å². The summed E-state index contributed by atoms with van der Waals surface area (Å²) in [5, 5.41) is 9.11. The normalized spacial score (nSPS) is 17.5. The molecule has 0 amide bonds. The highest BCUT2D eigenvalue weighted by atomic mass is 19.1. The smallest absolute Gasteiger partial charge is 0.126 e. The molecule has 1 unspecified atom stereocenters. The van der Waals surface area contributed by atoms with Crippen LogP contribution in [0, 0.1) is 17.7 Å². The first-order valence-corrected chi connectivity index (χ1v) is 5.29. The molecule has 1 saturated carbocycles. The summed E-state index contributed by atoms with van der Waals surface area (Å²) in [6.07, 6.45) is 2.36. The lowest BCUT2D eigenvalue weighted by molar-refractivity contribution is 0.147. The zero-order chi connectivity index (χ0) is 10.7. The second-order valence-electron chi connectivity index (χ2n) is 4.05. The van der Waals surface area contributed by atoms with Crippen molar-refractivity contribution in [2.45, 2.75) is 12.8 Å². The minimum Gasteiger partial charge on any atom is -0.493 e. The van der Waals surface area contributed by atoms with E-state index in [9.17, 15) is 4.39 Å². The quantitative estimate of drug-likeness (QED) is 0.807. The van der Waals surface area contributed by atoms with E-state index in [2.05, 4.69) is 0 Å². The van der Waals surface area contributed by atoms with Crippen LogP contribution in [-0.4, -0.2) is 18.3 Å². The molecule has 2 nitrogen and oxygen atoms in total. The van der Waals surface area contributed by atoms with Gasteiger partial charge < -0.3 is 9.84 Å². The molecule has 15 heavy (non-hydrogen) atoms. The second kappa shape index (κ2) is 4.62. The van der Waals surface area contributed by atoms with Gasteiger partial charge in [0.2, 0.25) is 0 Å². The summed E-state index contributed by atoms with van der Waals surface area (Å²) in [7, 11) is 0. The molecule has 1 aliphatic carbocycles. The van der Waals surface area contributed by atoms with Gasteiger partial charge in [0.25, 0.3) is 0 Å². The molecule has 0 aliphatic heterocycles. The van der Waals surface area contributed by atoms with Gasteiger partial charge in [-0.05, 0) is 30.9 Å². The van der Waals surface area contributed by atoms with Crippen LogP contribution in [0.4, 0.5) is 4.39 Å². The first kappa shape index (κ1) is 10.4. The van der Waals surface area contributed by atoms with E-state index in [0.717, 1.165) is 0 Å². The number of benzene rings is 1. The molecule has 0 spiro atoms. The summed E-state index contributed by atoms with van der Waals surface area (Å²) < 4.78 is 18.3. The Kier molecular flexibility index (Phi) is 3.21. The van der Waals surface area contributed by atoms with Crippen molar-refractivity contribution in [1.82, 2.24) is 0 Å². The van der Waals surface area contributed by atoms with E-state index >= 15 is 0 Å². The van der Waals surface area contributed by atoms with E-state index in [0.29, 0.717) is 18.3 Å². The Hall–Kier alpha value is -1.09. The average molecular weight is 210 g/mol. The molecule has 1 atom stereocenters. The fourth-order valence-corrected chi connectivity index (χ4v) is 1.67. The van der Waals surface area contributed by atoms with Gasteiger partial charge in [0, 0.05) is 18.6 Å². The van der Waals surface area contributed by atoms with Crippen LogP contribution in [0.5, 0.6) is 5.75 Å². The Morgan fingerprint density at radius 2 is 2.27 bits per heavy atom. The lowest BCUT2D eigenvalue weighted by Crippen LogP contribution is -2.18. The summed E-state index contributed by atoms with van der Waals surface area (Å²) in [4.78, 5) is 0. The first-order valence-electron chi connectivity index (χ1n) is 5.29. The van der Waals surface area contributed by atoms with Crippen LogP contribution in [0.3, 0.4) is 0 Å². The number of hydrogen-bond donors (Lipinski definition) is 1. The van der Waals surface area contributed by atoms with Gasteiger partial charge in [-0.15, -0.1) is 0 Å². The maximum atomic E-state index is 12.8. The largest absolute Gasteiger partial charge is 0.493 e. The molecule has 3 heteroatoms. The Labute approximate surface area is 88.7 Å². The fraction of sp³-hybridized carbons (Fsp3) is 0.500. The first-order chi connectivity index (χ1) is 7.29. The highest BCUT2D eigenvalue weighted by molar-refractivity contribution is 5.22. The van der Waals surface area contributed by atoms with Gasteiger partial charge in [-0.1, -0.05) is 6.07 Å². The number of hydrogen-bond acceptors (Lipinski definition) is 2. The minimum absolute atomic E-state index is 0.153. The molecular weight excluding hydrogens is 195 g/mol. The van der Waals surface area contributed by atoms with Crippen LogP contribution in [0.1, 0.15) is 12.8 Å². The number of aliphatic hydroxyl groups is 1. The molecule has 1 fully saturated rings. The van der Waals surface area contributed by atoms with Crippen molar-refractivity contribution in [3.05, 3.63) is 30.1 Å². The predicted molar refractivity (Wildman–Crippen MR) is 55.2 cm³/mol. The maximum Gasteiger partial charge on any atom is 0.126 e. The highest BCUT2D eigenvalue weighted by Gasteiger charge is 2.31. The van der Waals surface area contributed by atoms with Gasteiger partial charge >= 0.3 is 0 Å². The topological polar surface area (TPSA) is 29.5 Å². The number of rotatable bonds is 5. The summed E-state index contributed by atoms with van der Waals surface area (Å²) in [5.74, 6) is 1.05. The molecule has 0 heterocycles. The third kappa shape index (κ3) is 2.93. The van der Waals surface area contributed by atoms with Crippen LogP contribution >= 0.6 is 0 Å². The molecule has 1 aliphatic rings. The molecular formula is C12H15FO2. The van der Waals surface area contributed by atoms with E-state index in [1.807, 2.05) is 0 Å². The van der Waals surface area contributed by atoms with Crippen molar-refractivity contribution >= 4 is 0 Å². The van der Waals surface area contributed by atoms with Gasteiger partial charge in [0.05, 0.1) is 6.61 Å². The van der Waals surface area contributed by atoms with Crippen LogP contribution < -0.4 is 4.74 Å². The number of halogens is 1. The van der Waals surface area contributed by atoms with Crippen LogP contribution in [0.2, 0.25) is 0 Å². The molecule has 0 aromatic heterocycles. The fourth-order valence-electron chi connectivity index (χ4n) is 1.67. The molecule has 0 radical (unpaired) electrons. The average Bonchev–Trinajstić information content (AvgIpc) is 3.03. The van der Waals surface area contributed by atoms with Crippen LogP contribution in [0.15, 0.2) is 24.3 Å². The third-order valence-electron chi connectivity index (χ3n) is 2.78. The molecule has 0 saturated heterocycles. The molecule has 1 aromatic carbocycles. The van der Waals surface area contributed by atoms with Crippen molar-refractivity contribution in [3.8, 4) is 5.75 Å². The van der Waals surface area contributed by atoms with Crippen molar-refractivity contribution in [2.75, 3.05) is 13.2 Å². The minimum atomic E-state index is -0.292. The molecule has 0 bridgehead atoms. The molecule has 1 aromatic rings. The van der Waals surface area contributed by atoms with Crippen LogP contribution in [-0.2, 0) is 0 Å². The second-order valence-corrected chi connectivity index (χ2v) is 4.05. The maximum absolute atomic E-state index is 12.8. The Morgan fingerprint density at radius 1 is 1.47 bits per heavy atom. The lowest BCUT2D eigenvalue weighted by atomic mass is 10.1. The summed E-state index contributed by atoms with van der Waals surface area (Å²) in [5.41, 5.74) is 0. The van der Waals surface area contributed by atoms with Crippen molar-refractivity contribution in [2.24, 2.45) is 11.8 Å². The molecule has 82 valence electrons. The highest BCUT2D eigenvalue weighted by Crippen LogP contribution is 2.36. The van der Waals surface area contributed by atoms with Gasteiger partial charge in [-0.2, -0.15) is 0 Å². The van der Waals surface area contributed by atoms with Gasteiger partial charge in [0.15, 0.2) is 0 Å². The Bertz CT molecular complexity index is 323. The Balaban J connectivity index is 1.86. The summed E-state index contributed by atoms with van der Waals surface area (Å²) in [6, 6.07) is 6.10. The van der Waals surface area contributed by atoms with Gasteiger partial charge in [-0.25, -0.2) is 4.39 Å². The van der Waals surface area contributed by atoms with Crippen molar-refractivity contribution in [3.63, 3.8) is 0 Å². The monoisotopic (exact) mass is 210 g/mol. The van der Waals surface area contributed by atoms with Crippen molar-refractivity contribution < 1.29 is 14.2 Å². The lowest BCUT2D eigenvalue weighted by Gasteiger charge is -2.14. The zero-order valence-corrected chi connectivity index (χ0v) is 8.53. The van der Waals surface area contributed by atoms with E-state index in [-0.39, 0.29) is 18.3 Å². The van der Waals surface area contributed by atoms with Crippen molar-refractivity contribution in [1.29, 1.82) is 0 Å². The van der Waals surface area contributed by atoms with E-state index in [4.69, 9.17) is 9.84 Å². The van der Waals surface area contributed by atoms with E-state index in [1.54, 1.807) is 12.1 Å². The third-order valence-corrected chi connectivity index (χ3v) is 2.78. The predicted octanol–water partition coefficient (Wildman–Crippen LogP) is 2.22. The number of ether oxygens (including phenoxy) is 1. The zero-order valence-electron chi connectivity index (χ0n) is 8.53. The Morgan fingerprint density at radius 3 is 2.87 bits per heavy atom. The SMILES string of the molecule is OCC(COc1cccc(F)c1)C1CC1. The number of aliphatic hydroxyl groups excluding tert-OH is 1. The molecule has 2 rings (SSSR count). The van der Waals surface area contributed by atoms with Gasteiger partial charge in [0.1, 0.15) is 11.6 Å². The summed E-state index contributed by atoms with van der Waals surface area (Å²) in [6.45, 7) is 0.630. The van der Waals surface area contributed by atoms with E-state index < -0.39 is 0 Å². The standard InChI is InChI=1S/C12H15FO2/c13-11-2-1-3-12(6-11)15-8-10(7-14)9-4-5-9/h1-3,6,9-10,14H,4-5,7-8H2. The molecule has 1 N–H and O–H groups in total. The van der Waals surface area contributed by atoms with Gasteiger partial charge in [-0.3, -0.25) is 0 Å². The van der Waals surface area contributed by atoms with Crippen LogP contribution in [0.25, 0.3) is 0 Å². The summed E-state index contributed by atoms with van der Waals surface area (Å²) >= 11 is 0.